The van der Waals surface area contributed by atoms with Gasteiger partial charge in [0.05, 0.1) is 0 Å². The van der Waals surface area contributed by atoms with Gasteiger partial charge < -0.3 is 0 Å². The summed E-state index contributed by atoms with van der Waals surface area (Å²) in [5.41, 5.74) is 3.19. The van der Waals surface area contributed by atoms with Gasteiger partial charge in [-0.05, 0) is 43.1 Å². The summed E-state index contributed by atoms with van der Waals surface area (Å²) < 4.78 is 0. The molecule has 0 aromatic heterocycles. The van der Waals surface area contributed by atoms with Crippen molar-refractivity contribution in [2.75, 3.05) is 0 Å². The second-order valence-electron chi connectivity index (χ2n) is 5.40. The normalized spacial score (nSPS) is 30.6. The molecule has 0 bridgehead atoms. The van der Waals surface area contributed by atoms with Crippen LogP contribution in [-0.4, -0.2) is 0 Å². The molecule has 0 atom stereocenters. The maximum atomic E-state index is 2.47. The SMILES string of the molecule is CCC1=CC=CCC(C2CCC(C)CC2)=C1. The molecule has 0 aromatic carbocycles. The van der Waals surface area contributed by atoms with Gasteiger partial charge in [0.1, 0.15) is 0 Å². The Morgan fingerprint density at radius 3 is 2.62 bits per heavy atom. The predicted molar refractivity (Wildman–Crippen MR) is 71.3 cm³/mol. The fraction of sp³-hybridized carbons (Fsp3) is 0.625. The van der Waals surface area contributed by atoms with Crippen molar-refractivity contribution in [3.05, 3.63) is 35.5 Å². The van der Waals surface area contributed by atoms with Gasteiger partial charge in [-0.25, -0.2) is 0 Å². The number of rotatable bonds is 2. The van der Waals surface area contributed by atoms with Crippen LogP contribution in [0.5, 0.6) is 0 Å². The fourth-order valence-electron chi connectivity index (χ4n) is 2.88. The molecule has 0 N–H and O–H groups in total. The molecule has 0 radical (unpaired) electrons. The van der Waals surface area contributed by atoms with Crippen molar-refractivity contribution in [3.63, 3.8) is 0 Å². The zero-order valence-electron chi connectivity index (χ0n) is 10.7. The minimum atomic E-state index is 0.869. The van der Waals surface area contributed by atoms with E-state index in [0.29, 0.717) is 0 Å². The molecule has 0 aliphatic heterocycles. The molecule has 2 aliphatic carbocycles. The topological polar surface area (TPSA) is 0 Å². The van der Waals surface area contributed by atoms with Crippen LogP contribution < -0.4 is 0 Å². The average molecular weight is 216 g/mol. The monoisotopic (exact) mass is 216 g/mol. The van der Waals surface area contributed by atoms with E-state index in [0.717, 1.165) is 18.3 Å². The van der Waals surface area contributed by atoms with Crippen molar-refractivity contribution in [1.82, 2.24) is 0 Å². The zero-order valence-corrected chi connectivity index (χ0v) is 10.7. The standard InChI is InChI=1S/C16H24/c1-3-14-6-4-5-7-16(12-14)15-10-8-13(2)9-11-15/h4-6,12-13,15H,3,7-11H2,1-2H3. The van der Waals surface area contributed by atoms with Crippen molar-refractivity contribution < 1.29 is 0 Å². The Hall–Kier alpha value is -0.780. The molecule has 0 heterocycles. The predicted octanol–water partition coefficient (Wildman–Crippen LogP) is 5.04. The second-order valence-corrected chi connectivity index (χ2v) is 5.40. The van der Waals surface area contributed by atoms with E-state index >= 15 is 0 Å². The third-order valence-electron chi connectivity index (χ3n) is 4.12. The molecule has 0 spiro atoms. The Morgan fingerprint density at radius 2 is 1.94 bits per heavy atom. The minimum Gasteiger partial charge on any atom is -0.0804 e. The molecule has 88 valence electrons. The van der Waals surface area contributed by atoms with Crippen LogP contribution in [0.3, 0.4) is 0 Å². The second kappa shape index (κ2) is 5.52. The van der Waals surface area contributed by atoms with Gasteiger partial charge in [-0.1, -0.05) is 56.6 Å². The van der Waals surface area contributed by atoms with Gasteiger partial charge in [-0.15, -0.1) is 0 Å². The van der Waals surface area contributed by atoms with E-state index in [2.05, 4.69) is 38.2 Å². The summed E-state index contributed by atoms with van der Waals surface area (Å²) in [5.74, 6) is 1.83. The Kier molecular flexibility index (Phi) is 4.04. The summed E-state index contributed by atoms with van der Waals surface area (Å²) in [6.07, 6.45) is 17.3. The lowest BCUT2D eigenvalue weighted by Crippen LogP contribution is -2.14. The first-order valence-electron chi connectivity index (χ1n) is 6.85. The van der Waals surface area contributed by atoms with E-state index in [1.165, 1.54) is 37.7 Å². The van der Waals surface area contributed by atoms with Gasteiger partial charge in [0, 0.05) is 0 Å². The van der Waals surface area contributed by atoms with E-state index in [1.807, 2.05) is 0 Å². The largest absolute Gasteiger partial charge is 0.0804 e. The fourth-order valence-corrected chi connectivity index (χ4v) is 2.88. The number of hydrogen-bond acceptors (Lipinski definition) is 0. The zero-order chi connectivity index (χ0) is 11.4. The lowest BCUT2D eigenvalue weighted by atomic mass is 9.78. The van der Waals surface area contributed by atoms with Crippen LogP contribution >= 0.6 is 0 Å². The van der Waals surface area contributed by atoms with Gasteiger partial charge >= 0.3 is 0 Å². The summed E-state index contributed by atoms with van der Waals surface area (Å²) in [5, 5.41) is 0. The van der Waals surface area contributed by atoms with E-state index in [1.54, 1.807) is 5.57 Å². The van der Waals surface area contributed by atoms with E-state index in [-0.39, 0.29) is 0 Å². The van der Waals surface area contributed by atoms with Gasteiger partial charge in [0.2, 0.25) is 0 Å². The molecule has 0 unspecified atom stereocenters. The van der Waals surface area contributed by atoms with Crippen LogP contribution in [0.25, 0.3) is 0 Å². The van der Waals surface area contributed by atoms with Gasteiger partial charge in [0.15, 0.2) is 0 Å². The third-order valence-corrected chi connectivity index (χ3v) is 4.12. The smallest absolute Gasteiger partial charge is 0.0130 e. The molecule has 0 aromatic rings. The molecule has 0 heteroatoms. The van der Waals surface area contributed by atoms with Crippen LogP contribution in [-0.2, 0) is 0 Å². The summed E-state index contributed by atoms with van der Waals surface area (Å²) in [4.78, 5) is 0. The molecular weight excluding hydrogens is 192 g/mol. The van der Waals surface area contributed by atoms with Crippen molar-refractivity contribution in [2.24, 2.45) is 11.8 Å². The summed E-state index contributed by atoms with van der Waals surface area (Å²) in [6.45, 7) is 4.65. The molecule has 0 saturated heterocycles. The molecule has 1 fully saturated rings. The number of allylic oxidation sites excluding steroid dienone is 6. The average Bonchev–Trinajstić information content (AvgIpc) is 2.55. The van der Waals surface area contributed by atoms with Crippen LogP contribution in [0, 0.1) is 11.8 Å². The first-order valence-corrected chi connectivity index (χ1v) is 6.85. The Morgan fingerprint density at radius 1 is 1.19 bits per heavy atom. The Labute approximate surface area is 100 Å². The molecule has 2 rings (SSSR count). The van der Waals surface area contributed by atoms with Crippen molar-refractivity contribution in [1.29, 1.82) is 0 Å². The maximum absolute atomic E-state index is 2.47. The molecule has 1 saturated carbocycles. The molecule has 0 nitrogen and oxygen atoms in total. The summed E-state index contributed by atoms with van der Waals surface area (Å²) >= 11 is 0. The highest BCUT2D eigenvalue weighted by Gasteiger charge is 2.21. The first-order chi connectivity index (χ1) is 7.79. The molecular formula is C16H24. The van der Waals surface area contributed by atoms with Crippen LogP contribution in [0.4, 0.5) is 0 Å². The van der Waals surface area contributed by atoms with E-state index < -0.39 is 0 Å². The maximum Gasteiger partial charge on any atom is -0.0130 e. The van der Waals surface area contributed by atoms with Crippen molar-refractivity contribution >= 4 is 0 Å². The molecule has 0 amide bonds. The first kappa shape index (κ1) is 11.7. The highest BCUT2D eigenvalue weighted by atomic mass is 14.3. The van der Waals surface area contributed by atoms with E-state index in [9.17, 15) is 0 Å². The van der Waals surface area contributed by atoms with Crippen LogP contribution in [0.2, 0.25) is 0 Å². The quantitative estimate of drug-likeness (QED) is 0.607. The van der Waals surface area contributed by atoms with Crippen LogP contribution in [0.15, 0.2) is 35.5 Å². The Bertz CT molecular complexity index is 309. The summed E-state index contributed by atoms with van der Waals surface area (Å²) in [7, 11) is 0. The van der Waals surface area contributed by atoms with Crippen molar-refractivity contribution in [2.45, 2.75) is 52.4 Å². The van der Waals surface area contributed by atoms with E-state index in [4.69, 9.17) is 0 Å². The van der Waals surface area contributed by atoms with Crippen molar-refractivity contribution in [3.8, 4) is 0 Å². The van der Waals surface area contributed by atoms with Gasteiger partial charge in [0.25, 0.3) is 0 Å². The lowest BCUT2D eigenvalue weighted by molar-refractivity contribution is 0.318. The number of hydrogen-bond donors (Lipinski definition) is 0. The highest BCUT2D eigenvalue weighted by Crippen LogP contribution is 2.35. The highest BCUT2D eigenvalue weighted by molar-refractivity contribution is 5.32. The molecule has 2 aliphatic rings. The third kappa shape index (κ3) is 2.87. The lowest BCUT2D eigenvalue weighted by Gasteiger charge is -2.28. The van der Waals surface area contributed by atoms with Crippen LogP contribution in [0.1, 0.15) is 52.4 Å². The van der Waals surface area contributed by atoms with Gasteiger partial charge in [-0.2, -0.15) is 0 Å². The molecule has 16 heavy (non-hydrogen) atoms. The minimum absolute atomic E-state index is 0.869. The Balaban J connectivity index is 2.06. The summed E-state index contributed by atoms with van der Waals surface area (Å²) in [6, 6.07) is 0. The van der Waals surface area contributed by atoms with Gasteiger partial charge in [-0.3, -0.25) is 0 Å².